The molecule has 0 aliphatic rings. The van der Waals surface area contributed by atoms with E-state index in [1.807, 2.05) is 12.1 Å². The molecule has 4 nitrogen and oxygen atoms in total. The first-order chi connectivity index (χ1) is 7.63. The van der Waals surface area contributed by atoms with Crippen LogP contribution in [0.5, 0.6) is 5.75 Å². The molecule has 0 unspecified atom stereocenters. The van der Waals surface area contributed by atoms with Crippen molar-refractivity contribution in [2.45, 2.75) is 19.4 Å². The van der Waals surface area contributed by atoms with E-state index in [0.29, 0.717) is 18.8 Å². The molecule has 0 heterocycles. The number of rotatable bonds is 5. The van der Waals surface area contributed by atoms with Crippen LogP contribution in [0.2, 0.25) is 0 Å². The summed E-state index contributed by atoms with van der Waals surface area (Å²) >= 11 is 0. The molecule has 1 aromatic rings. The van der Waals surface area contributed by atoms with E-state index in [1.54, 1.807) is 26.1 Å². The molecule has 0 saturated heterocycles. The zero-order valence-corrected chi connectivity index (χ0v) is 9.56. The Hall–Kier alpha value is -1.55. The molecule has 0 aliphatic heterocycles. The van der Waals surface area contributed by atoms with Crippen molar-refractivity contribution in [2.24, 2.45) is 0 Å². The third kappa shape index (κ3) is 3.90. The SMILES string of the molecule is CNC(=O)CCOc1cccc([C@H](C)O)c1. The number of carbonyl (C=O) groups excluding carboxylic acids is 1. The van der Waals surface area contributed by atoms with Gasteiger partial charge in [-0.3, -0.25) is 4.79 Å². The van der Waals surface area contributed by atoms with Crippen molar-refractivity contribution in [1.82, 2.24) is 5.32 Å². The van der Waals surface area contributed by atoms with Gasteiger partial charge >= 0.3 is 0 Å². The summed E-state index contributed by atoms with van der Waals surface area (Å²) in [5.41, 5.74) is 0.803. The molecule has 0 aromatic heterocycles. The van der Waals surface area contributed by atoms with Crippen molar-refractivity contribution in [3.05, 3.63) is 29.8 Å². The fourth-order valence-corrected chi connectivity index (χ4v) is 1.25. The van der Waals surface area contributed by atoms with Crippen LogP contribution >= 0.6 is 0 Å². The first-order valence-electron chi connectivity index (χ1n) is 5.25. The molecule has 1 amide bonds. The Morgan fingerprint density at radius 3 is 2.94 bits per heavy atom. The molecule has 0 fully saturated rings. The van der Waals surface area contributed by atoms with Gasteiger partial charge in [-0.25, -0.2) is 0 Å². The number of aliphatic hydroxyl groups is 1. The molecular formula is C12H17NO3. The maximum Gasteiger partial charge on any atom is 0.223 e. The monoisotopic (exact) mass is 223 g/mol. The minimum absolute atomic E-state index is 0.0494. The van der Waals surface area contributed by atoms with E-state index < -0.39 is 6.10 Å². The van der Waals surface area contributed by atoms with E-state index >= 15 is 0 Å². The van der Waals surface area contributed by atoms with Gasteiger partial charge in [-0.1, -0.05) is 12.1 Å². The van der Waals surface area contributed by atoms with Crippen LogP contribution in [0.25, 0.3) is 0 Å². The Balaban J connectivity index is 2.48. The van der Waals surface area contributed by atoms with Gasteiger partial charge in [-0.05, 0) is 24.6 Å². The van der Waals surface area contributed by atoms with Crippen molar-refractivity contribution in [3.8, 4) is 5.75 Å². The van der Waals surface area contributed by atoms with Crippen molar-refractivity contribution in [3.63, 3.8) is 0 Å². The summed E-state index contributed by atoms with van der Waals surface area (Å²) in [6.45, 7) is 2.03. The first kappa shape index (κ1) is 12.5. The molecule has 0 saturated carbocycles. The second kappa shape index (κ2) is 6.12. The molecule has 1 aromatic carbocycles. The summed E-state index contributed by atoms with van der Waals surface area (Å²) < 4.78 is 5.40. The Bertz CT molecular complexity index is 350. The molecule has 0 radical (unpaired) electrons. The summed E-state index contributed by atoms with van der Waals surface area (Å²) in [6, 6.07) is 7.22. The van der Waals surface area contributed by atoms with Gasteiger partial charge in [-0.15, -0.1) is 0 Å². The highest BCUT2D eigenvalue weighted by molar-refractivity contribution is 5.75. The largest absolute Gasteiger partial charge is 0.493 e. The van der Waals surface area contributed by atoms with Gasteiger partial charge < -0.3 is 15.2 Å². The average Bonchev–Trinajstić information content (AvgIpc) is 2.29. The molecular weight excluding hydrogens is 206 g/mol. The predicted octanol–water partition coefficient (Wildman–Crippen LogP) is 1.25. The number of aliphatic hydroxyl groups excluding tert-OH is 1. The zero-order valence-electron chi connectivity index (χ0n) is 9.56. The highest BCUT2D eigenvalue weighted by Gasteiger charge is 2.03. The van der Waals surface area contributed by atoms with Gasteiger partial charge in [-0.2, -0.15) is 0 Å². The van der Waals surface area contributed by atoms with Gasteiger partial charge in [0.1, 0.15) is 5.75 Å². The Morgan fingerprint density at radius 1 is 1.56 bits per heavy atom. The number of carbonyl (C=O) groups is 1. The lowest BCUT2D eigenvalue weighted by atomic mass is 10.1. The number of hydrogen-bond donors (Lipinski definition) is 2. The van der Waals surface area contributed by atoms with E-state index in [1.165, 1.54) is 0 Å². The summed E-state index contributed by atoms with van der Waals surface area (Å²) in [7, 11) is 1.59. The van der Waals surface area contributed by atoms with Crippen LogP contribution in [0.4, 0.5) is 0 Å². The summed E-state index contributed by atoms with van der Waals surface area (Å²) in [4.78, 5) is 10.9. The van der Waals surface area contributed by atoms with E-state index in [4.69, 9.17) is 4.74 Å². The third-order valence-electron chi connectivity index (χ3n) is 2.22. The average molecular weight is 223 g/mol. The van der Waals surface area contributed by atoms with Crippen LogP contribution in [0, 0.1) is 0 Å². The highest BCUT2D eigenvalue weighted by Crippen LogP contribution is 2.18. The second-order valence-electron chi connectivity index (χ2n) is 3.52. The van der Waals surface area contributed by atoms with E-state index in [0.717, 1.165) is 5.56 Å². The maximum absolute atomic E-state index is 10.9. The molecule has 4 heteroatoms. The van der Waals surface area contributed by atoms with Gasteiger partial charge in [0.15, 0.2) is 0 Å². The van der Waals surface area contributed by atoms with Gasteiger partial charge in [0.05, 0.1) is 19.1 Å². The van der Waals surface area contributed by atoms with Gasteiger partial charge in [0.2, 0.25) is 5.91 Å². The van der Waals surface area contributed by atoms with Crippen molar-refractivity contribution in [1.29, 1.82) is 0 Å². The molecule has 1 atom stereocenters. The number of nitrogens with one attached hydrogen (secondary N) is 1. The summed E-state index contributed by atoms with van der Waals surface area (Å²) in [5.74, 6) is 0.619. The minimum atomic E-state index is -0.512. The van der Waals surface area contributed by atoms with Crippen LogP contribution in [0.1, 0.15) is 25.0 Å². The number of benzene rings is 1. The van der Waals surface area contributed by atoms with Crippen LogP contribution < -0.4 is 10.1 Å². The van der Waals surface area contributed by atoms with Crippen molar-refractivity contribution < 1.29 is 14.6 Å². The normalized spacial score (nSPS) is 11.9. The Morgan fingerprint density at radius 2 is 2.31 bits per heavy atom. The Kier molecular flexibility index (Phi) is 4.79. The van der Waals surface area contributed by atoms with Crippen molar-refractivity contribution >= 4 is 5.91 Å². The standard InChI is InChI=1S/C12H17NO3/c1-9(14)10-4-3-5-11(8-10)16-7-6-12(15)13-2/h3-5,8-9,14H,6-7H2,1-2H3,(H,13,15)/t9-/m0/s1. The Labute approximate surface area is 95.2 Å². The van der Waals surface area contributed by atoms with Gasteiger partial charge in [0.25, 0.3) is 0 Å². The van der Waals surface area contributed by atoms with E-state index in [2.05, 4.69) is 5.32 Å². The lowest BCUT2D eigenvalue weighted by molar-refractivity contribution is -0.121. The topological polar surface area (TPSA) is 58.6 Å². The van der Waals surface area contributed by atoms with Crippen LogP contribution in [0.3, 0.4) is 0 Å². The third-order valence-corrected chi connectivity index (χ3v) is 2.22. The highest BCUT2D eigenvalue weighted by atomic mass is 16.5. The van der Waals surface area contributed by atoms with Crippen molar-refractivity contribution in [2.75, 3.05) is 13.7 Å². The zero-order chi connectivity index (χ0) is 12.0. The molecule has 16 heavy (non-hydrogen) atoms. The van der Waals surface area contributed by atoms with E-state index in [-0.39, 0.29) is 5.91 Å². The van der Waals surface area contributed by atoms with E-state index in [9.17, 15) is 9.90 Å². The van der Waals surface area contributed by atoms with Crippen LogP contribution in [0.15, 0.2) is 24.3 Å². The van der Waals surface area contributed by atoms with Crippen LogP contribution in [-0.2, 0) is 4.79 Å². The van der Waals surface area contributed by atoms with Crippen LogP contribution in [-0.4, -0.2) is 24.7 Å². The molecule has 1 rings (SSSR count). The summed E-state index contributed by atoms with van der Waals surface area (Å²) in [5, 5.41) is 11.9. The second-order valence-corrected chi connectivity index (χ2v) is 3.52. The molecule has 0 bridgehead atoms. The molecule has 0 spiro atoms. The molecule has 2 N–H and O–H groups in total. The summed E-state index contributed by atoms with van der Waals surface area (Å²) in [6.07, 6.45) is -0.183. The molecule has 0 aliphatic carbocycles. The fraction of sp³-hybridized carbons (Fsp3) is 0.417. The smallest absolute Gasteiger partial charge is 0.223 e. The number of amides is 1. The fourth-order valence-electron chi connectivity index (χ4n) is 1.25. The lowest BCUT2D eigenvalue weighted by Gasteiger charge is -2.09. The number of hydrogen-bond acceptors (Lipinski definition) is 3. The van der Waals surface area contributed by atoms with Gasteiger partial charge in [0, 0.05) is 7.05 Å². The predicted molar refractivity (Wildman–Crippen MR) is 61.3 cm³/mol. The minimum Gasteiger partial charge on any atom is -0.493 e. The lowest BCUT2D eigenvalue weighted by Crippen LogP contribution is -2.20. The number of ether oxygens (including phenoxy) is 1. The maximum atomic E-state index is 10.9. The molecule has 88 valence electrons. The quantitative estimate of drug-likeness (QED) is 0.790. The first-order valence-corrected chi connectivity index (χ1v) is 5.25.